The van der Waals surface area contributed by atoms with Crippen LogP contribution in [0.2, 0.25) is 0 Å². The number of nitrogens with one attached hydrogen (secondary N) is 1. The van der Waals surface area contributed by atoms with Crippen molar-refractivity contribution < 1.29 is 4.42 Å². The van der Waals surface area contributed by atoms with Crippen LogP contribution in [-0.4, -0.2) is 31.1 Å². The summed E-state index contributed by atoms with van der Waals surface area (Å²) < 4.78 is 5.34. The predicted octanol–water partition coefficient (Wildman–Crippen LogP) is 2.24. The van der Waals surface area contributed by atoms with Crippen molar-refractivity contribution in [1.82, 2.24) is 10.2 Å². The van der Waals surface area contributed by atoms with E-state index < -0.39 is 0 Å². The molecule has 0 bridgehead atoms. The smallest absolute Gasteiger partial charge is 0.117 e. The minimum absolute atomic E-state index is 0.729. The zero-order chi connectivity index (χ0) is 11.2. The van der Waals surface area contributed by atoms with Gasteiger partial charge < -0.3 is 9.73 Å². The second-order valence-electron chi connectivity index (χ2n) is 4.75. The molecule has 1 aromatic rings. The molecule has 3 heteroatoms. The van der Waals surface area contributed by atoms with Crippen LogP contribution >= 0.6 is 0 Å². The lowest BCUT2D eigenvalue weighted by Gasteiger charge is -2.25. The Labute approximate surface area is 97.8 Å². The fraction of sp³-hybridized carbons (Fsp3) is 0.692. The summed E-state index contributed by atoms with van der Waals surface area (Å²) in [6.45, 7) is 3.25. The first kappa shape index (κ1) is 11.7. The largest absolute Gasteiger partial charge is 0.468 e. The molecule has 1 aliphatic rings. The molecule has 1 fully saturated rings. The van der Waals surface area contributed by atoms with Gasteiger partial charge >= 0.3 is 0 Å². The van der Waals surface area contributed by atoms with Crippen LogP contribution in [0.4, 0.5) is 0 Å². The van der Waals surface area contributed by atoms with Gasteiger partial charge in [0.1, 0.15) is 5.76 Å². The maximum atomic E-state index is 5.34. The Hall–Kier alpha value is -0.800. The predicted molar refractivity (Wildman–Crippen MR) is 65.3 cm³/mol. The van der Waals surface area contributed by atoms with E-state index in [-0.39, 0.29) is 0 Å². The number of nitrogens with zero attached hydrogens (tertiary/aromatic N) is 1. The highest BCUT2D eigenvalue weighted by Gasteiger charge is 2.13. The van der Waals surface area contributed by atoms with Crippen molar-refractivity contribution in [3.63, 3.8) is 0 Å². The summed E-state index contributed by atoms with van der Waals surface area (Å²) in [6.07, 6.45) is 7.07. The first-order chi connectivity index (χ1) is 7.84. The molecule has 90 valence electrons. The van der Waals surface area contributed by atoms with Gasteiger partial charge in [-0.25, -0.2) is 0 Å². The third-order valence-electron chi connectivity index (χ3n) is 3.28. The van der Waals surface area contributed by atoms with Gasteiger partial charge in [0.05, 0.1) is 12.8 Å². The van der Waals surface area contributed by atoms with Crippen molar-refractivity contribution in [2.24, 2.45) is 0 Å². The van der Waals surface area contributed by atoms with E-state index in [1.807, 2.05) is 12.1 Å². The Balaban J connectivity index is 1.65. The monoisotopic (exact) mass is 222 g/mol. The number of rotatable bonds is 5. The van der Waals surface area contributed by atoms with Gasteiger partial charge in [-0.15, -0.1) is 0 Å². The molecule has 16 heavy (non-hydrogen) atoms. The van der Waals surface area contributed by atoms with Crippen molar-refractivity contribution in [3.8, 4) is 0 Å². The third-order valence-corrected chi connectivity index (χ3v) is 3.28. The number of piperidine rings is 1. The van der Waals surface area contributed by atoms with Gasteiger partial charge in [-0.1, -0.05) is 6.42 Å². The van der Waals surface area contributed by atoms with Gasteiger partial charge in [-0.05, 0) is 51.5 Å². The molecular weight excluding hydrogens is 200 g/mol. The summed E-state index contributed by atoms with van der Waals surface area (Å²) in [4.78, 5) is 2.33. The second kappa shape index (κ2) is 6.06. The van der Waals surface area contributed by atoms with Crippen molar-refractivity contribution in [2.75, 3.05) is 20.1 Å². The molecule has 0 radical (unpaired) electrons. The zero-order valence-corrected chi connectivity index (χ0v) is 10.1. The molecule has 1 unspecified atom stereocenters. The maximum Gasteiger partial charge on any atom is 0.117 e. The molecule has 0 aromatic carbocycles. The van der Waals surface area contributed by atoms with E-state index >= 15 is 0 Å². The molecule has 3 nitrogen and oxygen atoms in total. The number of hydrogen-bond donors (Lipinski definition) is 1. The molecule has 1 saturated heterocycles. The van der Waals surface area contributed by atoms with E-state index in [1.54, 1.807) is 6.26 Å². The lowest BCUT2D eigenvalue weighted by molar-refractivity contribution is 0.263. The minimum Gasteiger partial charge on any atom is -0.468 e. The fourth-order valence-corrected chi connectivity index (χ4v) is 2.29. The van der Waals surface area contributed by atoms with Crippen LogP contribution in [0.1, 0.15) is 31.4 Å². The van der Waals surface area contributed by atoms with Gasteiger partial charge in [-0.3, -0.25) is 4.90 Å². The molecule has 1 aliphatic heterocycles. The van der Waals surface area contributed by atoms with Gasteiger partial charge in [0.25, 0.3) is 0 Å². The molecule has 2 rings (SSSR count). The van der Waals surface area contributed by atoms with Crippen LogP contribution in [0, 0.1) is 0 Å². The average Bonchev–Trinajstić information content (AvgIpc) is 2.81. The Morgan fingerprint density at radius 3 is 3.12 bits per heavy atom. The van der Waals surface area contributed by atoms with Crippen molar-refractivity contribution in [3.05, 3.63) is 24.2 Å². The molecule has 0 aliphatic carbocycles. The molecule has 2 heterocycles. The average molecular weight is 222 g/mol. The zero-order valence-electron chi connectivity index (χ0n) is 10.1. The van der Waals surface area contributed by atoms with E-state index in [0.717, 1.165) is 24.9 Å². The lowest BCUT2D eigenvalue weighted by Crippen LogP contribution is -2.36. The molecule has 1 N–H and O–H groups in total. The first-order valence-corrected chi connectivity index (χ1v) is 6.29. The second-order valence-corrected chi connectivity index (χ2v) is 4.75. The van der Waals surface area contributed by atoms with E-state index in [1.165, 1.54) is 32.2 Å². The molecule has 0 saturated carbocycles. The van der Waals surface area contributed by atoms with E-state index in [9.17, 15) is 0 Å². The summed E-state index contributed by atoms with van der Waals surface area (Å²) >= 11 is 0. The Bertz CT molecular complexity index is 278. The highest BCUT2D eigenvalue weighted by Crippen LogP contribution is 2.11. The van der Waals surface area contributed by atoms with Gasteiger partial charge in [0, 0.05) is 6.04 Å². The number of hydrogen-bond acceptors (Lipinski definition) is 3. The SMILES string of the molecule is CN(CCC1CCCCN1)Cc1ccco1. The van der Waals surface area contributed by atoms with Crippen molar-refractivity contribution in [2.45, 2.75) is 38.3 Å². The van der Waals surface area contributed by atoms with Crippen LogP contribution in [0.15, 0.2) is 22.8 Å². The van der Waals surface area contributed by atoms with Crippen molar-refractivity contribution >= 4 is 0 Å². The molecule has 1 aromatic heterocycles. The highest BCUT2D eigenvalue weighted by atomic mass is 16.3. The Morgan fingerprint density at radius 1 is 1.50 bits per heavy atom. The number of furan rings is 1. The summed E-state index contributed by atoms with van der Waals surface area (Å²) in [5.41, 5.74) is 0. The van der Waals surface area contributed by atoms with Gasteiger partial charge in [0.15, 0.2) is 0 Å². The topological polar surface area (TPSA) is 28.4 Å². The maximum absolute atomic E-state index is 5.34. The standard InChI is InChI=1S/C13H22N2O/c1-15(11-13-6-4-10-16-13)9-7-12-5-2-3-8-14-12/h4,6,10,12,14H,2-3,5,7-9,11H2,1H3. The van der Waals surface area contributed by atoms with Crippen LogP contribution in [0.3, 0.4) is 0 Å². The fourth-order valence-electron chi connectivity index (χ4n) is 2.29. The lowest BCUT2D eigenvalue weighted by atomic mass is 10.0. The highest BCUT2D eigenvalue weighted by molar-refractivity contribution is 4.97. The first-order valence-electron chi connectivity index (χ1n) is 6.29. The summed E-state index contributed by atoms with van der Waals surface area (Å²) in [5, 5.41) is 3.58. The third kappa shape index (κ3) is 3.65. The summed E-state index contributed by atoms with van der Waals surface area (Å²) in [5.74, 6) is 1.05. The quantitative estimate of drug-likeness (QED) is 0.828. The van der Waals surface area contributed by atoms with E-state index in [4.69, 9.17) is 4.42 Å². The Kier molecular flexibility index (Phi) is 4.43. The molecule has 0 amide bonds. The Morgan fingerprint density at radius 2 is 2.44 bits per heavy atom. The normalized spacial score (nSPS) is 21.5. The van der Waals surface area contributed by atoms with Crippen molar-refractivity contribution in [1.29, 1.82) is 0 Å². The van der Waals surface area contributed by atoms with E-state index in [0.29, 0.717) is 0 Å². The molecule has 0 spiro atoms. The van der Waals surface area contributed by atoms with Gasteiger partial charge in [-0.2, -0.15) is 0 Å². The minimum atomic E-state index is 0.729. The summed E-state index contributed by atoms with van der Waals surface area (Å²) in [7, 11) is 2.16. The van der Waals surface area contributed by atoms with E-state index in [2.05, 4.69) is 17.3 Å². The van der Waals surface area contributed by atoms with Crippen LogP contribution in [-0.2, 0) is 6.54 Å². The summed E-state index contributed by atoms with van der Waals surface area (Å²) in [6, 6.07) is 4.72. The van der Waals surface area contributed by atoms with Crippen LogP contribution < -0.4 is 5.32 Å². The van der Waals surface area contributed by atoms with Crippen LogP contribution in [0.25, 0.3) is 0 Å². The van der Waals surface area contributed by atoms with Crippen LogP contribution in [0.5, 0.6) is 0 Å². The molecule has 1 atom stereocenters. The van der Waals surface area contributed by atoms with Gasteiger partial charge in [0.2, 0.25) is 0 Å². The molecular formula is C13H22N2O.